The highest BCUT2D eigenvalue weighted by Crippen LogP contribution is 2.02. The Kier molecular flexibility index (Phi) is 12.8. The van der Waals surface area contributed by atoms with Gasteiger partial charge >= 0.3 is 0 Å². The monoisotopic (exact) mass is 210 g/mol. The van der Waals surface area contributed by atoms with Gasteiger partial charge in [-0.05, 0) is 38.1 Å². The summed E-state index contributed by atoms with van der Waals surface area (Å²) in [6.07, 6.45) is 14.1. The minimum absolute atomic E-state index is 1.02. The molecule has 0 aromatic rings. The van der Waals surface area contributed by atoms with E-state index in [4.69, 9.17) is 0 Å². The van der Waals surface area contributed by atoms with E-state index in [1.54, 1.807) is 0 Å². The van der Waals surface area contributed by atoms with Crippen molar-refractivity contribution in [2.75, 3.05) is 13.6 Å². The summed E-state index contributed by atoms with van der Waals surface area (Å²) in [5, 5.41) is 0. The molecule has 0 atom stereocenters. The molecule has 0 unspecified atom stereocenters. The van der Waals surface area contributed by atoms with Crippen LogP contribution in [0.2, 0.25) is 0 Å². The molecule has 0 N–H and O–H groups in total. The van der Waals surface area contributed by atoms with Crippen LogP contribution < -0.4 is 0 Å². The Morgan fingerprint density at radius 3 is 2.33 bits per heavy atom. The molecule has 0 saturated heterocycles. The van der Waals surface area contributed by atoms with E-state index in [9.17, 15) is 0 Å². The molecule has 0 aliphatic heterocycles. The smallest absolute Gasteiger partial charge is 0.0385 e. The van der Waals surface area contributed by atoms with Gasteiger partial charge in [0.05, 0.1) is 0 Å². The van der Waals surface area contributed by atoms with E-state index >= 15 is 0 Å². The van der Waals surface area contributed by atoms with Crippen LogP contribution in [-0.2, 0) is 0 Å². The van der Waals surface area contributed by atoms with Crippen molar-refractivity contribution >= 4 is 12.4 Å². The van der Waals surface area contributed by atoms with Crippen LogP contribution >= 0.6 is 0 Å². The molecule has 0 bridgehead atoms. The third-order valence-corrected chi connectivity index (χ3v) is 2.37. The fourth-order valence-electron chi connectivity index (χ4n) is 1.42. The van der Waals surface area contributed by atoms with Crippen LogP contribution in [-0.4, -0.2) is 26.0 Å². The van der Waals surface area contributed by atoms with Gasteiger partial charge in [-0.2, -0.15) is 0 Å². The molecule has 0 fully saturated rings. The first-order chi connectivity index (χ1) is 7.41. The van der Waals surface area contributed by atoms with Gasteiger partial charge in [-0.1, -0.05) is 32.6 Å². The van der Waals surface area contributed by atoms with Crippen molar-refractivity contribution in [1.29, 1.82) is 0 Å². The van der Waals surface area contributed by atoms with Crippen molar-refractivity contribution in [2.45, 2.75) is 58.3 Å². The largest absolute Gasteiger partial charge is 0.301 e. The van der Waals surface area contributed by atoms with Gasteiger partial charge in [-0.3, -0.25) is 4.99 Å². The van der Waals surface area contributed by atoms with E-state index in [1.807, 2.05) is 13.3 Å². The number of hydrogen-bond donors (Lipinski definition) is 0. The third-order valence-electron chi connectivity index (χ3n) is 2.37. The van der Waals surface area contributed by atoms with Gasteiger partial charge in [0.1, 0.15) is 0 Å². The molecule has 0 saturated carbocycles. The lowest BCUT2D eigenvalue weighted by atomic mass is 10.1. The lowest BCUT2D eigenvalue weighted by Crippen LogP contribution is -1.85. The number of nitrogens with zero attached hydrogens (tertiary/aromatic N) is 2. The van der Waals surface area contributed by atoms with Gasteiger partial charge in [0.15, 0.2) is 0 Å². The molecule has 2 heteroatoms. The summed E-state index contributed by atoms with van der Waals surface area (Å²) in [4.78, 5) is 8.34. The summed E-state index contributed by atoms with van der Waals surface area (Å²) in [6.45, 7) is 3.27. The molecule has 0 radical (unpaired) electrons. The number of unbranched alkanes of at least 4 members (excludes halogenated alkanes) is 6. The highest BCUT2D eigenvalue weighted by atomic mass is 14.7. The Balaban J connectivity index is 3.03. The molecule has 15 heavy (non-hydrogen) atoms. The molecule has 88 valence electrons. The molecular weight excluding hydrogens is 184 g/mol. The molecule has 0 aromatic carbocycles. The van der Waals surface area contributed by atoms with Crippen LogP contribution in [0.5, 0.6) is 0 Å². The lowest BCUT2D eigenvalue weighted by Gasteiger charge is -1.96. The highest BCUT2D eigenvalue weighted by molar-refractivity contribution is 5.60. The van der Waals surface area contributed by atoms with Gasteiger partial charge in [0.25, 0.3) is 0 Å². The Hall–Kier alpha value is -0.660. The van der Waals surface area contributed by atoms with Crippen LogP contribution in [0, 0.1) is 0 Å². The zero-order valence-electron chi connectivity index (χ0n) is 10.4. The summed E-state index contributed by atoms with van der Waals surface area (Å²) >= 11 is 0. The first kappa shape index (κ1) is 14.3. The second-order valence-electron chi connectivity index (χ2n) is 3.87. The Labute approximate surface area is 94.9 Å². The van der Waals surface area contributed by atoms with Crippen LogP contribution in [0.4, 0.5) is 0 Å². The molecule has 0 rings (SSSR count). The third kappa shape index (κ3) is 13.3. The number of aliphatic imine (C=N–C) groups is 2. The van der Waals surface area contributed by atoms with Crippen molar-refractivity contribution in [3.63, 3.8) is 0 Å². The standard InChI is InChI=1S/C13H26N2/c1-3-4-5-6-9-12-15-13-10-7-8-11-14-2/h11,13H,3-10,12H2,1-2H3. The Morgan fingerprint density at radius 1 is 0.867 bits per heavy atom. The first-order valence-electron chi connectivity index (χ1n) is 6.30. The van der Waals surface area contributed by atoms with Gasteiger partial charge < -0.3 is 4.99 Å². The van der Waals surface area contributed by atoms with Crippen molar-refractivity contribution < 1.29 is 0 Å². The summed E-state index contributed by atoms with van der Waals surface area (Å²) in [6, 6.07) is 0. The second-order valence-corrected chi connectivity index (χ2v) is 3.87. The molecular formula is C13H26N2. The van der Waals surface area contributed by atoms with E-state index in [0.29, 0.717) is 0 Å². The van der Waals surface area contributed by atoms with Gasteiger partial charge in [-0.15, -0.1) is 0 Å². The lowest BCUT2D eigenvalue weighted by molar-refractivity contribution is 0.638. The molecule has 0 amide bonds. The van der Waals surface area contributed by atoms with E-state index < -0.39 is 0 Å². The number of rotatable bonds is 10. The maximum absolute atomic E-state index is 4.40. The summed E-state index contributed by atoms with van der Waals surface area (Å²) in [5.41, 5.74) is 0. The first-order valence-corrected chi connectivity index (χ1v) is 6.30. The van der Waals surface area contributed by atoms with E-state index in [2.05, 4.69) is 23.1 Å². The van der Waals surface area contributed by atoms with Crippen molar-refractivity contribution in [1.82, 2.24) is 0 Å². The van der Waals surface area contributed by atoms with Crippen LogP contribution in [0.25, 0.3) is 0 Å². The average Bonchev–Trinajstić information content (AvgIpc) is 2.26. The minimum atomic E-state index is 1.02. The number of hydrogen-bond acceptors (Lipinski definition) is 2. The molecule has 0 aliphatic rings. The summed E-state index contributed by atoms with van der Waals surface area (Å²) in [5.74, 6) is 0. The zero-order valence-corrected chi connectivity index (χ0v) is 10.4. The minimum Gasteiger partial charge on any atom is -0.301 e. The Bertz CT molecular complexity index is 162. The second kappa shape index (κ2) is 13.3. The molecule has 0 heterocycles. The summed E-state index contributed by atoms with van der Waals surface area (Å²) in [7, 11) is 1.82. The predicted octanol–water partition coefficient (Wildman–Crippen LogP) is 3.90. The van der Waals surface area contributed by atoms with Gasteiger partial charge in [0.2, 0.25) is 0 Å². The van der Waals surface area contributed by atoms with Crippen LogP contribution in [0.15, 0.2) is 9.98 Å². The summed E-state index contributed by atoms with van der Waals surface area (Å²) < 4.78 is 0. The van der Waals surface area contributed by atoms with E-state index in [-0.39, 0.29) is 0 Å². The van der Waals surface area contributed by atoms with Crippen molar-refractivity contribution in [3.8, 4) is 0 Å². The van der Waals surface area contributed by atoms with Crippen molar-refractivity contribution in [2.24, 2.45) is 9.98 Å². The SMILES string of the molecule is CCCCCCCN=CCCCC=NC. The zero-order chi connectivity index (χ0) is 11.2. The topological polar surface area (TPSA) is 24.7 Å². The Morgan fingerprint density at radius 2 is 1.60 bits per heavy atom. The van der Waals surface area contributed by atoms with Crippen molar-refractivity contribution in [3.05, 3.63) is 0 Å². The highest BCUT2D eigenvalue weighted by Gasteiger charge is 1.86. The van der Waals surface area contributed by atoms with Crippen LogP contribution in [0.1, 0.15) is 58.3 Å². The average molecular weight is 210 g/mol. The fraction of sp³-hybridized carbons (Fsp3) is 0.846. The van der Waals surface area contributed by atoms with Gasteiger partial charge in [0, 0.05) is 13.6 Å². The molecule has 2 nitrogen and oxygen atoms in total. The van der Waals surface area contributed by atoms with Crippen LogP contribution in [0.3, 0.4) is 0 Å². The predicted molar refractivity (Wildman–Crippen MR) is 70.4 cm³/mol. The maximum atomic E-state index is 4.40. The van der Waals surface area contributed by atoms with E-state index in [0.717, 1.165) is 19.4 Å². The fourth-order valence-corrected chi connectivity index (χ4v) is 1.42. The van der Waals surface area contributed by atoms with E-state index in [1.165, 1.54) is 38.5 Å². The molecule has 0 spiro atoms. The van der Waals surface area contributed by atoms with Gasteiger partial charge in [-0.25, -0.2) is 0 Å². The molecule has 0 aromatic heterocycles. The normalized spacial score (nSPS) is 11.9. The molecule has 0 aliphatic carbocycles. The maximum Gasteiger partial charge on any atom is 0.0385 e. The quantitative estimate of drug-likeness (QED) is 0.386.